The molecule has 0 aliphatic rings. The Morgan fingerprint density at radius 2 is 1.69 bits per heavy atom. The Balaban J connectivity index is 1.36. The summed E-state index contributed by atoms with van der Waals surface area (Å²) in [5.41, 5.74) is 3.51. The summed E-state index contributed by atoms with van der Waals surface area (Å²) in [4.78, 5) is 4.04. The van der Waals surface area contributed by atoms with Crippen molar-refractivity contribution in [2.45, 2.75) is 12.8 Å². The maximum absolute atomic E-state index is 6.00. The Morgan fingerprint density at radius 1 is 0.897 bits per heavy atom. The predicted octanol–water partition coefficient (Wildman–Crippen LogP) is 4.86. The normalized spacial score (nSPS) is 10.9. The highest BCUT2D eigenvalue weighted by atomic mass is 16.5. The summed E-state index contributed by atoms with van der Waals surface area (Å²) in [7, 11) is 1.69. The number of aromatic nitrogens is 1. The third-order valence-electron chi connectivity index (χ3n) is 4.59. The molecular weight excluding hydrogens is 360 g/mol. The van der Waals surface area contributed by atoms with Crippen molar-refractivity contribution in [3.05, 3.63) is 89.7 Å². The van der Waals surface area contributed by atoms with Crippen molar-refractivity contribution in [2.24, 2.45) is 0 Å². The minimum absolute atomic E-state index is 0.690. The molecule has 2 aromatic carbocycles. The van der Waals surface area contributed by atoms with Gasteiger partial charge < -0.3 is 14.8 Å². The van der Waals surface area contributed by atoms with E-state index in [1.807, 2.05) is 42.5 Å². The smallest absolute Gasteiger partial charge is 0.126 e. The van der Waals surface area contributed by atoms with Crippen LogP contribution in [0.15, 0.2) is 73.1 Å². The number of rotatable bonds is 11. The summed E-state index contributed by atoms with van der Waals surface area (Å²) in [6.07, 6.45) is 9.72. The van der Waals surface area contributed by atoms with Gasteiger partial charge in [0.25, 0.3) is 0 Å². The molecule has 0 spiro atoms. The van der Waals surface area contributed by atoms with Crippen LogP contribution in [0.2, 0.25) is 0 Å². The molecule has 4 nitrogen and oxygen atoms in total. The zero-order chi connectivity index (χ0) is 20.2. The molecule has 0 fully saturated rings. The van der Waals surface area contributed by atoms with Gasteiger partial charge >= 0.3 is 0 Å². The molecule has 150 valence electrons. The zero-order valence-electron chi connectivity index (χ0n) is 16.9. The van der Waals surface area contributed by atoms with Crippen molar-refractivity contribution in [2.75, 3.05) is 26.8 Å². The van der Waals surface area contributed by atoms with Gasteiger partial charge in [-0.2, -0.15) is 0 Å². The molecule has 0 bridgehead atoms. The van der Waals surface area contributed by atoms with E-state index < -0.39 is 0 Å². The first-order valence-electron chi connectivity index (χ1n) is 9.99. The van der Waals surface area contributed by atoms with E-state index in [9.17, 15) is 0 Å². The van der Waals surface area contributed by atoms with Crippen LogP contribution < -0.4 is 14.8 Å². The molecule has 1 heterocycles. The van der Waals surface area contributed by atoms with Gasteiger partial charge in [0.1, 0.15) is 11.5 Å². The predicted molar refractivity (Wildman–Crippen MR) is 119 cm³/mol. The van der Waals surface area contributed by atoms with Gasteiger partial charge in [0.05, 0.1) is 13.7 Å². The summed E-state index contributed by atoms with van der Waals surface area (Å²) in [6.45, 7) is 2.58. The van der Waals surface area contributed by atoms with E-state index in [0.29, 0.717) is 6.61 Å². The third-order valence-corrected chi connectivity index (χ3v) is 4.59. The first kappa shape index (κ1) is 20.6. The summed E-state index contributed by atoms with van der Waals surface area (Å²) in [5, 5.41) is 3.48. The lowest BCUT2D eigenvalue weighted by molar-refractivity contribution is 0.308. The molecule has 1 N–H and O–H groups in total. The van der Waals surface area contributed by atoms with Crippen LogP contribution >= 0.6 is 0 Å². The molecule has 3 aromatic rings. The molecule has 3 rings (SSSR count). The van der Waals surface area contributed by atoms with Crippen LogP contribution in [0.4, 0.5) is 0 Å². The molecular formula is C25H28N2O2. The van der Waals surface area contributed by atoms with Gasteiger partial charge in [-0.1, -0.05) is 42.5 Å². The van der Waals surface area contributed by atoms with Gasteiger partial charge in [0.2, 0.25) is 0 Å². The number of ether oxygens (including phenoxy) is 2. The maximum Gasteiger partial charge on any atom is 0.126 e. The average Bonchev–Trinajstić information content (AvgIpc) is 2.79. The Labute approximate surface area is 173 Å². The lowest BCUT2D eigenvalue weighted by Crippen LogP contribution is -2.20. The number of nitrogens with zero attached hydrogens (tertiary/aromatic N) is 1. The van der Waals surface area contributed by atoms with Crippen LogP contribution in [0.5, 0.6) is 11.5 Å². The number of para-hydroxylation sites is 1. The molecule has 0 radical (unpaired) electrons. The van der Waals surface area contributed by atoms with Crippen molar-refractivity contribution in [1.82, 2.24) is 10.3 Å². The summed E-state index contributed by atoms with van der Waals surface area (Å²) in [5.74, 6) is 1.81. The Kier molecular flexibility index (Phi) is 8.30. The number of nitrogens with one attached hydrogen (secondary N) is 1. The molecule has 0 atom stereocenters. The van der Waals surface area contributed by atoms with E-state index in [-0.39, 0.29) is 0 Å². The number of pyridine rings is 1. The molecule has 0 aliphatic carbocycles. The van der Waals surface area contributed by atoms with Crippen LogP contribution in [0.1, 0.15) is 23.1 Å². The van der Waals surface area contributed by atoms with E-state index >= 15 is 0 Å². The molecule has 0 unspecified atom stereocenters. The lowest BCUT2D eigenvalue weighted by Gasteiger charge is -2.10. The van der Waals surface area contributed by atoms with Crippen LogP contribution in [-0.2, 0) is 6.42 Å². The highest BCUT2D eigenvalue weighted by Crippen LogP contribution is 2.20. The van der Waals surface area contributed by atoms with Crippen molar-refractivity contribution in [1.29, 1.82) is 0 Å². The zero-order valence-corrected chi connectivity index (χ0v) is 16.9. The maximum atomic E-state index is 6.00. The average molecular weight is 389 g/mol. The van der Waals surface area contributed by atoms with Crippen LogP contribution in [0.3, 0.4) is 0 Å². The fraction of sp³-hybridized carbons (Fsp3) is 0.240. The van der Waals surface area contributed by atoms with Crippen molar-refractivity contribution < 1.29 is 9.47 Å². The number of hydrogen-bond acceptors (Lipinski definition) is 4. The highest BCUT2D eigenvalue weighted by Gasteiger charge is 2.00. The fourth-order valence-electron chi connectivity index (χ4n) is 2.94. The van der Waals surface area contributed by atoms with Gasteiger partial charge in [0.15, 0.2) is 0 Å². The molecule has 0 aliphatic heterocycles. The Bertz CT molecular complexity index is 877. The highest BCUT2D eigenvalue weighted by molar-refractivity contribution is 5.72. The van der Waals surface area contributed by atoms with E-state index in [4.69, 9.17) is 9.47 Å². The lowest BCUT2D eigenvalue weighted by atomic mass is 10.1. The van der Waals surface area contributed by atoms with Crippen molar-refractivity contribution in [3.63, 3.8) is 0 Å². The van der Waals surface area contributed by atoms with Gasteiger partial charge in [-0.25, -0.2) is 0 Å². The molecule has 0 saturated heterocycles. The largest absolute Gasteiger partial charge is 0.497 e. The number of benzene rings is 2. The number of hydrogen-bond donors (Lipinski definition) is 1. The van der Waals surface area contributed by atoms with E-state index in [0.717, 1.165) is 48.6 Å². The van der Waals surface area contributed by atoms with E-state index in [2.05, 4.69) is 40.7 Å². The SMILES string of the molecule is COc1ccc(CCNCCCOc2ccccc2/C=C/c2ccncc2)cc1. The summed E-state index contributed by atoms with van der Waals surface area (Å²) in [6, 6.07) is 20.3. The molecule has 0 amide bonds. The summed E-state index contributed by atoms with van der Waals surface area (Å²) < 4.78 is 11.2. The quantitative estimate of drug-likeness (QED) is 0.476. The van der Waals surface area contributed by atoms with Crippen LogP contribution in [-0.4, -0.2) is 31.8 Å². The number of methoxy groups -OCH3 is 1. The van der Waals surface area contributed by atoms with Gasteiger partial charge in [-0.15, -0.1) is 0 Å². The van der Waals surface area contributed by atoms with E-state index in [1.54, 1.807) is 19.5 Å². The minimum atomic E-state index is 0.690. The molecule has 4 heteroatoms. The second-order valence-electron chi connectivity index (χ2n) is 6.70. The minimum Gasteiger partial charge on any atom is -0.497 e. The summed E-state index contributed by atoms with van der Waals surface area (Å²) >= 11 is 0. The second-order valence-corrected chi connectivity index (χ2v) is 6.70. The molecule has 29 heavy (non-hydrogen) atoms. The third kappa shape index (κ3) is 7.09. The Morgan fingerprint density at radius 3 is 2.48 bits per heavy atom. The topological polar surface area (TPSA) is 43.4 Å². The van der Waals surface area contributed by atoms with Gasteiger partial charge in [-0.3, -0.25) is 4.98 Å². The van der Waals surface area contributed by atoms with Crippen LogP contribution in [0.25, 0.3) is 12.2 Å². The van der Waals surface area contributed by atoms with Gasteiger partial charge in [0, 0.05) is 18.0 Å². The van der Waals surface area contributed by atoms with Crippen molar-refractivity contribution in [3.8, 4) is 11.5 Å². The Hall–Kier alpha value is -3.11. The van der Waals surface area contributed by atoms with Crippen LogP contribution in [0, 0.1) is 0 Å². The van der Waals surface area contributed by atoms with Crippen molar-refractivity contribution >= 4 is 12.2 Å². The molecule has 1 aromatic heterocycles. The van der Waals surface area contributed by atoms with E-state index in [1.165, 1.54) is 5.56 Å². The first-order chi connectivity index (χ1) is 14.3. The van der Waals surface area contributed by atoms with Gasteiger partial charge in [-0.05, 0) is 67.4 Å². The first-order valence-corrected chi connectivity index (χ1v) is 9.99. The second kappa shape index (κ2) is 11.7. The monoisotopic (exact) mass is 388 g/mol. The fourth-order valence-corrected chi connectivity index (χ4v) is 2.94. The standard InChI is InChI=1S/C25H28N2O2/c1-28-24-11-8-21(9-12-24)13-17-26-16-4-20-29-25-6-3-2-5-23(25)10-7-22-14-18-27-19-15-22/h2-3,5-12,14-15,18-19,26H,4,13,16-17,20H2,1H3/b10-7+. The molecule has 0 saturated carbocycles.